The normalized spacial score (nSPS) is 15.2. The highest BCUT2D eigenvalue weighted by Crippen LogP contribution is 2.20. The summed E-state index contributed by atoms with van der Waals surface area (Å²) < 4.78 is 5.35. The summed E-state index contributed by atoms with van der Waals surface area (Å²) in [4.78, 5) is 4.28. The fourth-order valence-corrected chi connectivity index (χ4v) is 1.70. The van der Waals surface area contributed by atoms with Crippen molar-refractivity contribution in [2.24, 2.45) is 10.8 Å². The molecule has 0 spiro atoms. The number of benzene rings is 1. The van der Waals surface area contributed by atoms with Crippen molar-refractivity contribution in [1.82, 2.24) is 5.43 Å². The van der Waals surface area contributed by atoms with Crippen LogP contribution in [0.3, 0.4) is 0 Å². The van der Waals surface area contributed by atoms with Crippen LogP contribution in [-0.4, -0.2) is 12.4 Å². The van der Waals surface area contributed by atoms with Crippen LogP contribution in [0, 0.1) is 0 Å². The Kier molecular flexibility index (Phi) is 2.99. The SMILES string of the molecule is CCN=C(NN)c1ccc2c(c1)COC2. The molecule has 0 aromatic heterocycles. The van der Waals surface area contributed by atoms with Crippen molar-refractivity contribution in [3.8, 4) is 0 Å². The molecule has 3 N–H and O–H groups in total. The minimum Gasteiger partial charge on any atom is -0.372 e. The van der Waals surface area contributed by atoms with E-state index in [1.54, 1.807) is 0 Å². The van der Waals surface area contributed by atoms with E-state index in [1.165, 1.54) is 11.1 Å². The van der Waals surface area contributed by atoms with Gasteiger partial charge in [0, 0.05) is 12.1 Å². The number of aliphatic imine (C=N–C) groups is 1. The van der Waals surface area contributed by atoms with Gasteiger partial charge in [-0.15, -0.1) is 0 Å². The van der Waals surface area contributed by atoms with Gasteiger partial charge in [0.1, 0.15) is 5.84 Å². The van der Waals surface area contributed by atoms with Crippen LogP contribution in [0.15, 0.2) is 23.2 Å². The van der Waals surface area contributed by atoms with Crippen molar-refractivity contribution in [2.75, 3.05) is 6.54 Å². The lowest BCUT2D eigenvalue weighted by Gasteiger charge is -2.06. The molecule has 0 fully saturated rings. The van der Waals surface area contributed by atoms with Crippen LogP contribution in [0.4, 0.5) is 0 Å². The van der Waals surface area contributed by atoms with Gasteiger partial charge < -0.3 is 10.2 Å². The van der Waals surface area contributed by atoms with Gasteiger partial charge in [-0.1, -0.05) is 12.1 Å². The molecule has 0 bridgehead atoms. The average molecular weight is 205 g/mol. The molecule has 1 aliphatic heterocycles. The number of hydrogen-bond acceptors (Lipinski definition) is 3. The number of nitrogens with one attached hydrogen (secondary N) is 1. The zero-order valence-corrected chi connectivity index (χ0v) is 8.79. The smallest absolute Gasteiger partial charge is 0.142 e. The molecule has 0 saturated carbocycles. The summed E-state index contributed by atoms with van der Waals surface area (Å²) >= 11 is 0. The van der Waals surface area contributed by atoms with E-state index in [9.17, 15) is 0 Å². The van der Waals surface area contributed by atoms with Gasteiger partial charge in [-0.3, -0.25) is 4.99 Å². The molecule has 1 aliphatic rings. The van der Waals surface area contributed by atoms with Crippen molar-refractivity contribution in [3.63, 3.8) is 0 Å². The zero-order valence-electron chi connectivity index (χ0n) is 8.79. The number of nitrogens with two attached hydrogens (primary N) is 1. The van der Waals surface area contributed by atoms with Gasteiger partial charge in [-0.25, -0.2) is 5.84 Å². The second-order valence-corrected chi connectivity index (χ2v) is 3.44. The molecule has 4 heteroatoms. The number of amidine groups is 1. The standard InChI is InChI=1S/C11H15N3O/c1-2-13-11(14-12)8-3-4-9-6-15-7-10(9)5-8/h3-5H,2,6-7,12H2,1H3,(H,13,14). The molecule has 0 aliphatic carbocycles. The Morgan fingerprint density at radius 3 is 3.00 bits per heavy atom. The highest BCUT2D eigenvalue weighted by atomic mass is 16.5. The van der Waals surface area contributed by atoms with Crippen molar-refractivity contribution in [2.45, 2.75) is 20.1 Å². The number of hydrogen-bond donors (Lipinski definition) is 2. The van der Waals surface area contributed by atoms with E-state index in [0.717, 1.165) is 11.4 Å². The Morgan fingerprint density at radius 1 is 1.47 bits per heavy atom. The molecule has 2 rings (SSSR count). The van der Waals surface area contributed by atoms with Crippen LogP contribution in [0.25, 0.3) is 0 Å². The number of ether oxygens (including phenoxy) is 1. The van der Waals surface area contributed by atoms with Crippen molar-refractivity contribution < 1.29 is 4.74 Å². The minimum absolute atomic E-state index is 0.688. The van der Waals surface area contributed by atoms with E-state index < -0.39 is 0 Å². The van der Waals surface area contributed by atoms with Gasteiger partial charge in [0.15, 0.2) is 0 Å². The van der Waals surface area contributed by atoms with Crippen molar-refractivity contribution >= 4 is 5.84 Å². The average Bonchev–Trinajstić information content (AvgIpc) is 2.72. The lowest BCUT2D eigenvalue weighted by Crippen LogP contribution is -2.31. The van der Waals surface area contributed by atoms with Gasteiger partial charge in [0.25, 0.3) is 0 Å². The third-order valence-corrected chi connectivity index (χ3v) is 2.45. The third-order valence-electron chi connectivity index (χ3n) is 2.45. The minimum atomic E-state index is 0.688. The Bertz CT molecular complexity index is 387. The molecule has 80 valence electrons. The Balaban J connectivity index is 2.33. The molecule has 15 heavy (non-hydrogen) atoms. The summed E-state index contributed by atoms with van der Waals surface area (Å²) in [5.74, 6) is 6.15. The van der Waals surface area contributed by atoms with E-state index in [-0.39, 0.29) is 0 Å². The highest BCUT2D eigenvalue weighted by Gasteiger charge is 2.12. The fraction of sp³-hybridized carbons (Fsp3) is 0.364. The molecule has 4 nitrogen and oxygen atoms in total. The van der Waals surface area contributed by atoms with Crippen LogP contribution >= 0.6 is 0 Å². The predicted octanol–water partition coefficient (Wildman–Crippen LogP) is 0.947. The van der Waals surface area contributed by atoms with Gasteiger partial charge in [0.05, 0.1) is 13.2 Å². The fourth-order valence-electron chi connectivity index (χ4n) is 1.70. The van der Waals surface area contributed by atoms with Crippen LogP contribution in [-0.2, 0) is 18.0 Å². The first-order valence-corrected chi connectivity index (χ1v) is 5.06. The lowest BCUT2D eigenvalue weighted by atomic mass is 10.1. The summed E-state index contributed by atoms with van der Waals surface area (Å²) in [6.07, 6.45) is 0. The Labute approximate surface area is 89.1 Å². The van der Waals surface area contributed by atoms with Gasteiger partial charge in [0.2, 0.25) is 0 Å². The number of fused-ring (bicyclic) bond motifs is 1. The molecule has 1 heterocycles. The summed E-state index contributed by atoms with van der Waals surface area (Å²) in [5.41, 5.74) is 6.12. The third kappa shape index (κ3) is 2.00. The van der Waals surface area contributed by atoms with Gasteiger partial charge >= 0.3 is 0 Å². The summed E-state index contributed by atoms with van der Waals surface area (Å²) in [6, 6.07) is 6.17. The van der Waals surface area contributed by atoms with E-state index in [0.29, 0.717) is 19.8 Å². The first kappa shape index (κ1) is 10.1. The monoisotopic (exact) mass is 205 g/mol. The highest BCUT2D eigenvalue weighted by molar-refractivity contribution is 5.98. The van der Waals surface area contributed by atoms with Crippen LogP contribution in [0.1, 0.15) is 23.6 Å². The summed E-state index contributed by atoms with van der Waals surface area (Å²) in [6.45, 7) is 4.10. The first-order chi connectivity index (χ1) is 7.35. The summed E-state index contributed by atoms with van der Waals surface area (Å²) in [5, 5.41) is 0. The van der Waals surface area contributed by atoms with Crippen molar-refractivity contribution in [1.29, 1.82) is 0 Å². The molecule has 0 saturated heterocycles. The largest absolute Gasteiger partial charge is 0.372 e. The molecule has 0 unspecified atom stereocenters. The van der Waals surface area contributed by atoms with Crippen LogP contribution in [0.5, 0.6) is 0 Å². The molecule has 0 amide bonds. The number of rotatable bonds is 2. The van der Waals surface area contributed by atoms with Crippen molar-refractivity contribution in [3.05, 3.63) is 34.9 Å². The second kappa shape index (κ2) is 4.42. The molecule has 1 aromatic rings. The Hall–Kier alpha value is -1.39. The van der Waals surface area contributed by atoms with Gasteiger partial charge in [-0.2, -0.15) is 0 Å². The molecule has 0 atom stereocenters. The number of hydrazine groups is 1. The van der Waals surface area contributed by atoms with E-state index in [1.807, 2.05) is 13.0 Å². The second-order valence-electron chi connectivity index (χ2n) is 3.44. The van der Waals surface area contributed by atoms with Crippen LogP contribution in [0.2, 0.25) is 0 Å². The van der Waals surface area contributed by atoms with Crippen LogP contribution < -0.4 is 11.3 Å². The van der Waals surface area contributed by atoms with E-state index in [4.69, 9.17) is 10.6 Å². The molecular formula is C11H15N3O. The number of nitrogens with zero attached hydrogens (tertiary/aromatic N) is 1. The topological polar surface area (TPSA) is 59.6 Å². The predicted molar refractivity (Wildman–Crippen MR) is 59.3 cm³/mol. The Morgan fingerprint density at radius 2 is 2.27 bits per heavy atom. The van der Waals surface area contributed by atoms with E-state index in [2.05, 4.69) is 22.6 Å². The maximum atomic E-state index is 5.42. The zero-order chi connectivity index (χ0) is 10.7. The first-order valence-electron chi connectivity index (χ1n) is 5.06. The van der Waals surface area contributed by atoms with E-state index >= 15 is 0 Å². The molecule has 0 radical (unpaired) electrons. The maximum absolute atomic E-state index is 5.42. The molecular weight excluding hydrogens is 190 g/mol. The maximum Gasteiger partial charge on any atom is 0.142 e. The quantitative estimate of drug-likeness (QED) is 0.327. The summed E-state index contributed by atoms with van der Waals surface area (Å²) in [7, 11) is 0. The lowest BCUT2D eigenvalue weighted by molar-refractivity contribution is 0.134. The van der Waals surface area contributed by atoms with Gasteiger partial charge in [-0.05, 0) is 24.1 Å². The molecule has 1 aromatic carbocycles.